The molecule has 2 rings (SSSR count). The van der Waals surface area contributed by atoms with Crippen LogP contribution in [-0.2, 0) is 14.4 Å². The van der Waals surface area contributed by atoms with Crippen LogP contribution in [0.4, 0.5) is 0 Å². The Morgan fingerprint density at radius 3 is 2.10 bits per heavy atom. The average Bonchev–Trinajstić information content (AvgIpc) is 3.03. The lowest BCUT2D eigenvalue weighted by Crippen LogP contribution is -2.43. The second-order valence-corrected chi connectivity index (χ2v) is 5.45. The molecule has 0 unspecified atom stereocenters. The van der Waals surface area contributed by atoms with Crippen molar-refractivity contribution in [2.24, 2.45) is 5.73 Å². The van der Waals surface area contributed by atoms with E-state index < -0.39 is 11.9 Å². The lowest BCUT2D eigenvalue weighted by molar-refractivity contribution is -0.133. The fourth-order valence-electron chi connectivity index (χ4n) is 2.92. The van der Waals surface area contributed by atoms with Crippen LogP contribution >= 0.6 is 0 Å². The second kappa shape index (κ2) is 6.07. The fourth-order valence-corrected chi connectivity index (χ4v) is 2.92. The van der Waals surface area contributed by atoms with E-state index in [-0.39, 0.29) is 17.9 Å². The number of nitrogens with zero attached hydrogens (tertiary/aromatic N) is 2. The number of amides is 3. The maximum absolute atomic E-state index is 12.0. The molecule has 2 aliphatic rings. The molecule has 20 heavy (non-hydrogen) atoms. The van der Waals surface area contributed by atoms with Crippen molar-refractivity contribution in [1.29, 1.82) is 0 Å². The monoisotopic (exact) mass is 279 g/mol. The van der Waals surface area contributed by atoms with Crippen LogP contribution in [0, 0.1) is 0 Å². The number of likely N-dealkylation sites (tertiary alicyclic amines) is 2. The Morgan fingerprint density at radius 1 is 1.00 bits per heavy atom. The van der Waals surface area contributed by atoms with Gasteiger partial charge in [0.05, 0.1) is 0 Å². The molecule has 2 aliphatic heterocycles. The maximum atomic E-state index is 12.0. The first-order chi connectivity index (χ1) is 9.50. The molecule has 3 amide bonds. The van der Waals surface area contributed by atoms with E-state index >= 15 is 0 Å². The summed E-state index contributed by atoms with van der Waals surface area (Å²) < 4.78 is 0. The third-order valence-corrected chi connectivity index (χ3v) is 4.07. The van der Waals surface area contributed by atoms with E-state index in [1.54, 1.807) is 4.90 Å². The summed E-state index contributed by atoms with van der Waals surface area (Å²) in [7, 11) is 0. The molecule has 2 saturated heterocycles. The Balaban J connectivity index is 1.95. The highest BCUT2D eigenvalue weighted by molar-refractivity contribution is 5.98. The number of nitrogens with two attached hydrogens (primary N) is 1. The van der Waals surface area contributed by atoms with Crippen LogP contribution < -0.4 is 5.73 Å². The van der Waals surface area contributed by atoms with Crippen molar-refractivity contribution in [3.63, 3.8) is 0 Å². The number of hydrogen-bond acceptors (Lipinski definition) is 3. The largest absolute Gasteiger partial charge is 0.368 e. The Kier molecular flexibility index (Phi) is 4.42. The zero-order chi connectivity index (χ0) is 14.7. The number of hydrogen-bond donors (Lipinski definition) is 1. The molecule has 0 aromatic heterocycles. The molecular formula is C14H21N3O3. The van der Waals surface area contributed by atoms with E-state index in [9.17, 15) is 14.4 Å². The normalized spacial score (nSPS) is 26.4. The zero-order valence-corrected chi connectivity index (χ0v) is 11.7. The molecule has 2 N–H and O–H groups in total. The first-order valence-electron chi connectivity index (χ1n) is 7.09. The van der Waals surface area contributed by atoms with Crippen LogP contribution in [0.15, 0.2) is 12.2 Å². The topological polar surface area (TPSA) is 83.7 Å². The van der Waals surface area contributed by atoms with E-state index in [4.69, 9.17) is 5.73 Å². The van der Waals surface area contributed by atoms with E-state index in [1.165, 1.54) is 17.1 Å². The Bertz CT molecular complexity index is 447. The van der Waals surface area contributed by atoms with Gasteiger partial charge in [-0.3, -0.25) is 14.4 Å². The van der Waals surface area contributed by atoms with Gasteiger partial charge in [-0.25, -0.2) is 0 Å². The third kappa shape index (κ3) is 3.00. The van der Waals surface area contributed by atoms with Crippen LogP contribution in [-0.4, -0.2) is 52.7 Å². The summed E-state index contributed by atoms with van der Waals surface area (Å²) in [5.74, 6) is -0.937. The van der Waals surface area contributed by atoms with Crippen molar-refractivity contribution in [2.75, 3.05) is 13.1 Å². The Labute approximate surface area is 118 Å². The molecule has 0 radical (unpaired) electrons. The van der Waals surface area contributed by atoms with Gasteiger partial charge in [-0.1, -0.05) is 0 Å². The van der Waals surface area contributed by atoms with Crippen molar-refractivity contribution in [3.8, 4) is 0 Å². The number of rotatable bonds is 3. The molecule has 0 aliphatic carbocycles. The van der Waals surface area contributed by atoms with Gasteiger partial charge in [0.25, 0.3) is 0 Å². The molecular weight excluding hydrogens is 258 g/mol. The summed E-state index contributed by atoms with van der Waals surface area (Å²) in [5.41, 5.74) is 5.27. The van der Waals surface area contributed by atoms with Crippen LogP contribution in [0.5, 0.6) is 0 Å². The summed E-state index contributed by atoms with van der Waals surface area (Å²) in [5, 5.41) is 0. The molecule has 0 aromatic rings. The Morgan fingerprint density at radius 2 is 1.55 bits per heavy atom. The van der Waals surface area contributed by atoms with Gasteiger partial charge in [0.2, 0.25) is 17.7 Å². The highest BCUT2D eigenvalue weighted by atomic mass is 16.2. The van der Waals surface area contributed by atoms with Gasteiger partial charge in [-0.2, -0.15) is 0 Å². The van der Waals surface area contributed by atoms with Crippen molar-refractivity contribution in [1.82, 2.24) is 9.80 Å². The molecule has 0 aromatic carbocycles. The zero-order valence-electron chi connectivity index (χ0n) is 11.7. The predicted octanol–water partition coefficient (Wildman–Crippen LogP) is 0.0298. The Hall–Kier alpha value is -1.85. The van der Waals surface area contributed by atoms with E-state index in [0.717, 1.165) is 25.8 Å². The smallest absolute Gasteiger partial charge is 0.247 e. The third-order valence-electron chi connectivity index (χ3n) is 4.07. The lowest BCUT2D eigenvalue weighted by Gasteiger charge is -2.21. The number of carbonyl (C=O) groups is 3. The molecule has 6 heteroatoms. The van der Waals surface area contributed by atoms with Gasteiger partial charge >= 0.3 is 0 Å². The molecule has 2 fully saturated rings. The molecule has 2 atom stereocenters. The van der Waals surface area contributed by atoms with Crippen molar-refractivity contribution in [3.05, 3.63) is 12.2 Å². The molecule has 0 spiro atoms. The standard InChI is InChI=1S/C14H21N3O3/c1-10-4-2-8-16(10)12(18)6-7-13(19)17-9-3-5-11(17)14(15)20/h6-7,10-11H,2-5,8-9H2,1H3,(H2,15,20)/b7-6+/t10-,11+/m1/s1. The maximum Gasteiger partial charge on any atom is 0.247 e. The average molecular weight is 279 g/mol. The van der Waals surface area contributed by atoms with Gasteiger partial charge in [-0.15, -0.1) is 0 Å². The van der Waals surface area contributed by atoms with Crippen LogP contribution in [0.3, 0.4) is 0 Å². The van der Waals surface area contributed by atoms with E-state index in [2.05, 4.69) is 0 Å². The number of carbonyl (C=O) groups excluding carboxylic acids is 3. The van der Waals surface area contributed by atoms with Crippen molar-refractivity contribution < 1.29 is 14.4 Å². The number of primary amides is 1. The van der Waals surface area contributed by atoms with Crippen LogP contribution in [0.25, 0.3) is 0 Å². The minimum Gasteiger partial charge on any atom is -0.368 e. The van der Waals surface area contributed by atoms with E-state index in [1.807, 2.05) is 6.92 Å². The van der Waals surface area contributed by atoms with Gasteiger partial charge in [0, 0.05) is 31.3 Å². The fraction of sp³-hybridized carbons (Fsp3) is 0.643. The van der Waals surface area contributed by atoms with Gasteiger partial charge < -0.3 is 15.5 Å². The molecule has 6 nitrogen and oxygen atoms in total. The quantitative estimate of drug-likeness (QED) is 0.740. The highest BCUT2D eigenvalue weighted by Gasteiger charge is 2.31. The minimum absolute atomic E-state index is 0.141. The van der Waals surface area contributed by atoms with Gasteiger partial charge in [-0.05, 0) is 32.6 Å². The minimum atomic E-state index is -0.534. The summed E-state index contributed by atoms with van der Waals surface area (Å²) in [6.45, 7) is 3.27. The lowest BCUT2D eigenvalue weighted by atomic mass is 10.2. The van der Waals surface area contributed by atoms with Gasteiger partial charge in [0.1, 0.15) is 6.04 Å². The van der Waals surface area contributed by atoms with E-state index in [0.29, 0.717) is 13.0 Å². The van der Waals surface area contributed by atoms with Crippen LogP contribution in [0.1, 0.15) is 32.6 Å². The summed E-state index contributed by atoms with van der Waals surface area (Å²) in [6.07, 6.45) is 5.94. The highest BCUT2D eigenvalue weighted by Crippen LogP contribution is 2.18. The summed E-state index contributed by atoms with van der Waals surface area (Å²) in [4.78, 5) is 38.4. The molecule has 0 saturated carbocycles. The van der Waals surface area contributed by atoms with Gasteiger partial charge in [0.15, 0.2) is 0 Å². The van der Waals surface area contributed by atoms with Crippen molar-refractivity contribution in [2.45, 2.75) is 44.7 Å². The summed E-state index contributed by atoms with van der Waals surface area (Å²) >= 11 is 0. The van der Waals surface area contributed by atoms with Crippen LogP contribution in [0.2, 0.25) is 0 Å². The molecule has 2 heterocycles. The first-order valence-corrected chi connectivity index (χ1v) is 7.09. The van der Waals surface area contributed by atoms with Crippen molar-refractivity contribution >= 4 is 17.7 Å². The molecule has 0 bridgehead atoms. The molecule has 110 valence electrons. The second-order valence-electron chi connectivity index (χ2n) is 5.45. The summed E-state index contributed by atoms with van der Waals surface area (Å²) in [6, 6.07) is -0.305. The SMILES string of the molecule is C[C@@H]1CCCN1C(=O)/C=C/C(=O)N1CCC[C@H]1C(N)=O. The predicted molar refractivity (Wildman–Crippen MR) is 73.5 cm³/mol. The first kappa shape index (κ1) is 14.6.